The second-order valence-corrected chi connectivity index (χ2v) is 7.66. The van der Waals surface area contributed by atoms with Crippen LogP contribution >= 0.6 is 0 Å². The van der Waals surface area contributed by atoms with E-state index in [-0.39, 0.29) is 17.9 Å². The van der Waals surface area contributed by atoms with Crippen LogP contribution in [0.4, 0.5) is 0 Å². The highest BCUT2D eigenvalue weighted by Crippen LogP contribution is 2.46. The van der Waals surface area contributed by atoms with Crippen molar-refractivity contribution >= 4 is 5.97 Å². The molecule has 0 bridgehead atoms. The van der Waals surface area contributed by atoms with Crippen LogP contribution in [0.15, 0.2) is 29.8 Å². The summed E-state index contributed by atoms with van der Waals surface area (Å²) in [6, 6.07) is 5.80. The van der Waals surface area contributed by atoms with Gasteiger partial charge in [-0.1, -0.05) is 18.6 Å². The number of hydrogen-bond acceptors (Lipinski definition) is 5. The zero-order valence-corrected chi connectivity index (χ0v) is 17.8. The quantitative estimate of drug-likeness (QED) is 0.677. The van der Waals surface area contributed by atoms with Crippen LogP contribution in [0.5, 0.6) is 11.5 Å². The summed E-state index contributed by atoms with van der Waals surface area (Å²) in [6.45, 7) is 5.67. The van der Waals surface area contributed by atoms with Gasteiger partial charge in [-0.3, -0.25) is 4.79 Å². The maximum absolute atomic E-state index is 12.1. The maximum Gasteiger partial charge on any atom is 0.316 e. The summed E-state index contributed by atoms with van der Waals surface area (Å²) >= 11 is 0. The first kappa shape index (κ1) is 22.2. The van der Waals surface area contributed by atoms with Gasteiger partial charge < -0.3 is 24.1 Å². The van der Waals surface area contributed by atoms with Gasteiger partial charge in [-0.05, 0) is 43.9 Å². The van der Waals surface area contributed by atoms with E-state index in [4.69, 9.17) is 18.9 Å². The Kier molecular flexibility index (Phi) is 7.12. The lowest BCUT2D eigenvalue weighted by Gasteiger charge is -2.45. The van der Waals surface area contributed by atoms with E-state index >= 15 is 0 Å². The Hall–Kier alpha value is -2.05. The van der Waals surface area contributed by atoms with Crippen LogP contribution in [0.1, 0.15) is 38.7 Å². The van der Waals surface area contributed by atoms with Crippen molar-refractivity contribution < 1.29 is 28.8 Å². The van der Waals surface area contributed by atoms with Crippen LogP contribution in [0, 0.1) is 11.3 Å². The van der Waals surface area contributed by atoms with Crippen LogP contribution in [0.3, 0.4) is 0 Å². The third-order valence-electron chi connectivity index (χ3n) is 6.15. The van der Waals surface area contributed by atoms with Gasteiger partial charge in [0.2, 0.25) is 0 Å². The lowest BCUT2D eigenvalue weighted by atomic mass is 9.64. The van der Waals surface area contributed by atoms with Crippen molar-refractivity contribution in [3.63, 3.8) is 0 Å². The van der Waals surface area contributed by atoms with E-state index in [2.05, 4.69) is 6.92 Å². The highest BCUT2D eigenvalue weighted by atomic mass is 16.5. The van der Waals surface area contributed by atoms with Gasteiger partial charge in [0, 0.05) is 26.2 Å². The smallest absolute Gasteiger partial charge is 0.316 e. The Bertz CT molecular complexity index is 705. The molecule has 28 heavy (non-hydrogen) atoms. The molecule has 0 aliphatic heterocycles. The molecule has 0 radical (unpaired) electrons. The minimum absolute atomic E-state index is 0.119. The Balaban J connectivity index is 2.40. The average molecular weight is 392 g/mol. The summed E-state index contributed by atoms with van der Waals surface area (Å²) < 4.78 is 22.2. The molecule has 0 saturated carbocycles. The Labute approximate surface area is 167 Å². The maximum atomic E-state index is 12.1. The lowest BCUT2D eigenvalue weighted by Crippen LogP contribution is -2.53. The van der Waals surface area contributed by atoms with Crippen molar-refractivity contribution in [1.29, 1.82) is 0 Å². The van der Waals surface area contributed by atoms with Crippen molar-refractivity contribution in [2.24, 2.45) is 11.3 Å². The average Bonchev–Trinajstić information content (AvgIpc) is 2.69. The van der Waals surface area contributed by atoms with E-state index in [1.807, 2.05) is 31.2 Å². The molecule has 0 spiro atoms. The molecule has 6 nitrogen and oxygen atoms in total. The first-order chi connectivity index (χ1) is 13.2. The second-order valence-electron chi connectivity index (χ2n) is 7.66. The predicted octanol–water partition coefficient (Wildman–Crippen LogP) is 3.89. The third-order valence-corrected chi connectivity index (χ3v) is 6.15. The van der Waals surface area contributed by atoms with E-state index < -0.39 is 17.5 Å². The van der Waals surface area contributed by atoms with Crippen molar-refractivity contribution in [2.75, 3.05) is 28.4 Å². The normalized spacial score (nSPS) is 28.4. The van der Waals surface area contributed by atoms with E-state index in [1.165, 1.54) is 0 Å². The molecule has 0 aromatic heterocycles. The van der Waals surface area contributed by atoms with Gasteiger partial charge in [0.1, 0.15) is 16.9 Å². The molecule has 1 aromatic carbocycles. The zero-order chi connectivity index (χ0) is 21.1. The minimum atomic E-state index is -1.10. The number of benzene rings is 1. The van der Waals surface area contributed by atoms with E-state index in [1.54, 1.807) is 35.4 Å². The Morgan fingerprint density at radius 1 is 1.11 bits per heavy atom. The van der Waals surface area contributed by atoms with Crippen LogP contribution in [0.25, 0.3) is 0 Å². The predicted molar refractivity (Wildman–Crippen MR) is 107 cm³/mol. The summed E-state index contributed by atoms with van der Waals surface area (Å²) in [4.78, 5) is 12.1. The fourth-order valence-corrected chi connectivity index (χ4v) is 4.23. The number of hydrogen-bond donors (Lipinski definition) is 1. The summed E-state index contributed by atoms with van der Waals surface area (Å²) in [5.74, 6) is 0.564. The number of carboxylic acid groups (broad SMARTS) is 1. The molecule has 1 aliphatic rings. The van der Waals surface area contributed by atoms with Crippen LogP contribution in [0.2, 0.25) is 0 Å². The molecule has 0 fully saturated rings. The zero-order valence-electron chi connectivity index (χ0n) is 17.8. The first-order valence-electron chi connectivity index (χ1n) is 9.43. The molecule has 0 saturated heterocycles. The van der Waals surface area contributed by atoms with Gasteiger partial charge >= 0.3 is 5.97 Å². The van der Waals surface area contributed by atoms with E-state index in [0.29, 0.717) is 6.42 Å². The second kappa shape index (κ2) is 8.97. The lowest BCUT2D eigenvalue weighted by molar-refractivity contribution is -0.161. The highest BCUT2D eigenvalue weighted by Gasteiger charge is 2.52. The number of rotatable bonds is 8. The molecule has 5 unspecified atom stereocenters. The van der Waals surface area contributed by atoms with Gasteiger partial charge in [-0.2, -0.15) is 0 Å². The van der Waals surface area contributed by atoms with Gasteiger partial charge in [0.15, 0.2) is 0 Å². The summed E-state index contributed by atoms with van der Waals surface area (Å²) in [6.07, 6.45) is 1.90. The topological polar surface area (TPSA) is 74.2 Å². The molecule has 6 heteroatoms. The molecule has 1 N–H and O–H groups in total. The third kappa shape index (κ3) is 4.03. The van der Waals surface area contributed by atoms with E-state index in [0.717, 1.165) is 22.6 Å². The number of aliphatic carboxylic acids is 1. The van der Waals surface area contributed by atoms with Gasteiger partial charge in [0.05, 0.1) is 26.4 Å². The first-order valence-corrected chi connectivity index (χ1v) is 9.43. The molecular weight excluding hydrogens is 360 g/mol. The molecule has 5 atom stereocenters. The van der Waals surface area contributed by atoms with Crippen molar-refractivity contribution in [1.82, 2.24) is 0 Å². The molecule has 2 rings (SSSR count). The Morgan fingerprint density at radius 2 is 1.68 bits per heavy atom. The molecule has 0 heterocycles. The van der Waals surface area contributed by atoms with Crippen molar-refractivity contribution in [2.45, 2.75) is 45.3 Å². The van der Waals surface area contributed by atoms with E-state index in [9.17, 15) is 9.90 Å². The fraction of sp³-hybridized carbons (Fsp3) is 0.591. The largest absolute Gasteiger partial charge is 0.497 e. The van der Waals surface area contributed by atoms with Gasteiger partial charge in [-0.15, -0.1) is 0 Å². The monoisotopic (exact) mass is 392 g/mol. The number of carbonyl (C=O) groups is 1. The molecule has 0 amide bonds. The number of carboxylic acids is 1. The number of ether oxygens (including phenoxy) is 4. The highest BCUT2D eigenvalue weighted by molar-refractivity contribution is 5.79. The van der Waals surface area contributed by atoms with Crippen molar-refractivity contribution in [3.8, 4) is 11.5 Å². The summed E-state index contributed by atoms with van der Waals surface area (Å²) in [7, 11) is 6.47. The van der Waals surface area contributed by atoms with Crippen LogP contribution < -0.4 is 9.47 Å². The van der Waals surface area contributed by atoms with Gasteiger partial charge in [0.25, 0.3) is 0 Å². The van der Waals surface area contributed by atoms with Gasteiger partial charge in [-0.25, -0.2) is 0 Å². The van der Waals surface area contributed by atoms with Crippen molar-refractivity contribution in [3.05, 3.63) is 35.4 Å². The Morgan fingerprint density at radius 3 is 2.11 bits per heavy atom. The minimum Gasteiger partial charge on any atom is -0.497 e. The standard InChI is InChI=1S/C22H32O6/c1-13(15-10-16(25-4)12-17(11-15)26-5)8-18-19(27-6)9-14(2)22(3,21(23)24)20(18)28-7/h9-13,18-20H,8H2,1-7H3,(H,23,24). The summed E-state index contributed by atoms with van der Waals surface area (Å²) in [5.41, 5.74) is 0.718. The van der Waals surface area contributed by atoms with Crippen LogP contribution in [-0.4, -0.2) is 51.7 Å². The fourth-order valence-electron chi connectivity index (χ4n) is 4.23. The number of methoxy groups -OCH3 is 4. The molecular formula is C22H32O6. The molecule has 156 valence electrons. The van der Waals surface area contributed by atoms with Crippen LogP contribution in [-0.2, 0) is 14.3 Å². The summed E-state index contributed by atoms with van der Waals surface area (Å²) in [5, 5.41) is 9.94. The molecule has 1 aromatic rings. The molecule has 1 aliphatic carbocycles. The SMILES string of the molecule is COc1cc(OC)cc(C(C)CC2C(OC)C=C(C)C(C)(C(=O)O)C2OC)c1.